The Balaban J connectivity index is 2.05. The number of anilines is 1. The van der Waals surface area contributed by atoms with Crippen molar-refractivity contribution in [1.29, 1.82) is 0 Å². The molecule has 0 aliphatic rings. The number of nitrogens with one attached hydrogen (secondary N) is 1. The highest BCUT2D eigenvalue weighted by atomic mass is 32.2. The highest BCUT2D eigenvalue weighted by Crippen LogP contribution is 2.36. The van der Waals surface area contributed by atoms with Gasteiger partial charge in [0, 0.05) is 16.7 Å². The van der Waals surface area contributed by atoms with Gasteiger partial charge in [-0.2, -0.15) is 13.2 Å². The van der Waals surface area contributed by atoms with Crippen LogP contribution in [-0.4, -0.2) is 19.8 Å². The van der Waals surface area contributed by atoms with Crippen molar-refractivity contribution in [3.05, 3.63) is 59.7 Å². The fourth-order valence-corrected chi connectivity index (χ4v) is 3.47. The Labute approximate surface area is 158 Å². The maximum Gasteiger partial charge on any atom is 0.446 e. The van der Waals surface area contributed by atoms with Crippen LogP contribution in [0, 0.1) is 6.92 Å². The zero-order valence-electron chi connectivity index (χ0n) is 13.9. The molecule has 10 heteroatoms. The van der Waals surface area contributed by atoms with Crippen molar-refractivity contribution in [2.75, 3.05) is 5.32 Å². The van der Waals surface area contributed by atoms with Crippen LogP contribution in [0.5, 0.6) is 0 Å². The van der Waals surface area contributed by atoms with Crippen LogP contribution in [0.15, 0.2) is 58.3 Å². The molecule has 5 nitrogen and oxygen atoms in total. The van der Waals surface area contributed by atoms with Crippen molar-refractivity contribution in [1.82, 2.24) is 0 Å². The number of hydrogen-bond donors (Lipinski definition) is 2. The van der Waals surface area contributed by atoms with Gasteiger partial charge in [0.2, 0.25) is 15.9 Å². The summed E-state index contributed by atoms with van der Waals surface area (Å²) in [6, 6.07) is 9.78. The number of halogens is 3. The molecule has 0 spiro atoms. The number of carbonyl (C=O) groups is 1. The molecule has 2 rings (SSSR count). The second-order valence-corrected chi connectivity index (χ2v) is 8.13. The maximum atomic E-state index is 12.3. The number of thioether (sulfide) groups is 1. The summed E-state index contributed by atoms with van der Waals surface area (Å²) in [6.07, 6.45) is 2.61. The Hall–Kier alpha value is -2.30. The van der Waals surface area contributed by atoms with E-state index in [-0.39, 0.29) is 27.2 Å². The van der Waals surface area contributed by atoms with Gasteiger partial charge >= 0.3 is 5.51 Å². The Morgan fingerprint density at radius 3 is 2.33 bits per heavy atom. The topological polar surface area (TPSA) is 89.3 Å². The molecule has 0 aliphatic carbocycles. The van der Waals surface area contributed by atoms with Crippen LogP contribution >= 0.6 is 11.8 Å². The van der Waals surface area contributed by atoms with E-state index in [0.717, 1.165) is 0 Å². The van der Waals surface area contributed by atoms with E-state index >= 15 is 0 Å². The van der Waals surface area contributed by atoms with Crippen LogP contribution in [0.3, 0.4) is 0 Å². The van der Waals surface area contributed by atoms with E-state index in [0.29, 0.717) is 11.1 Å². The summed E-state index contributed by atoms with van der Waals surface area (Å²) in [5.41, 5.74) is -3.13. The van der Waals surface area contributed by atoms with E-state index < -0.39 is 21.4 Å². The molecule has 0 radical (unpaired) electrons. The van der Waals surface area contributed by atoms with Crippen molar-refractivity contribution >= 4 is 39.5 Å². The Morgan fingerprint density at radius 2 is 1.78 bits per heavy atom. The molecule has 2 aromatic rings. The molecule has 144 valence electrons. The summed E-state index contributed by atoms with van der Waals surface area (Å²) < 4.78 is 59.8. The van der Waals surface area contributed by atoms with Gasteiger partial charge in [0.15, 0.2) is 0 Å². The molecular weight excluding hydrogens is 401 g/mol. The third kappa shape index (κ3) is 6.74. The molecule has 27 heavy (non-hydrogen) atoms. The number of alkyl halides is 3. The van der Waals surface area contributed by atoms with Gasteiger partial charge in [-0.15, -0.1) is 0 Å². The first kappa shape index (κ1) is 21.0. The van der Waals surface area contributed by atoms with Crippen molar-refractivity contribution < 1.29 is 26.4 Å². The smallest absolute Gasteiger partial charge is 0.322 e. The van der Waals surface area contributed by atoms with E-state index in [2.05, 4.69) is 5.32 Å². The third-order valence-corrected chi connectivity index (χ3v) is 5.10. The van der Waals surface area contributed by atoms with Crippen molar-refractivity contribution in [2.45, 2.75) is 22.2 Å². The van der Waals surface area contributed by atoms with E-state index in [4.69, 9.17) is 5.14 Å². The van der Waals surface area contributed by atoms with Crippen LogP contribution in [0.25, 0.3) is 6.08 Å². The van der Waals surface area contributed by atoms with Gasteiger partial charge < -0.3 is 5.32 Å². The fraction of sp³-hybridized carbons (Fsp3) is 0.118. The molecule has 0 aromatic heterocycles. The van der Waals surface area contributed by atoms with Gasteiger partial charge in [-0.05, 0) is 60.2 Å². The van der Waals surface area contributed by atoms with Gasteiger partial charge in [0.25, 0.3) is 0 Å². The Bertz CT molecular complexity index is 970. The molecule has 0 saturated heterocycles. The van der Waals surface area contributed by atoms with Crippen LogP contribution in [0.1, 0.15) is 11.1 Å². The highest BCUT2D eigenvalue weighted by molar-refractivity contribution is 8.00. The second-order valence-electron chi connectivity index (χ2n) is 5.46. The molecule has 2 aromatic carbocycles. The number of aryl methyl sites for hydroxylation is 1. The second kappa shape index (κ2) is 8.15. The Morgan fingerprint density at radius 1 is 1.15 bits per heavy atom. The molecule has 0 unspecified atom stereocenters. The molecule has 0 bridgehead atoms. The number of amides is 1. The number of nitrogens with two attached hydrogens (primary N) is 1. The van der Waals surface area contributed by atoms with Crippen LogP contribution < -0.4 is 10.5 Å². The zero-order valence-corrected chi connectivity index (χ0v) is 15.6. The first-order chi connectivity index (χ1) is 12.4. The summed E-state index contributed by atoms with van der Waals surface area (Å²) >= 11 is -0.223. The van der Waals surface area contributed by atoms with E-state index in [9.17, 15) is 26.4 Å². The molecule has 3 N–H and O–H groups in total. The van der Waals surface area contributed by atoms with Crippen LogP contribution in [0.4, 0.5) is 18.9 Å². The summed E-state index contributed by atoms with van der Waals surface area (Å²) in [7, 11) is -3.92. The quantitative estimate of drug-likeness (QED) is 0.571. The van der Waals surface area contributed by atoms with Crippen LogP contribution in [-0.2, 0) is 14.8 Å². The largest absolute Gasteiger partial charge is 0.446 e. The van der Waals surface area contributed by atoms with Crippen molar-refractivity contribution in [3.8, 4) is 0 Å². The molecule has 0 fully saturated rings. The van der Waals surface area contributed by atoms with E-state index in [1.54, 1.807) is 6.92 Å². The SMILES string of the molecule is Cc1ccc(NC(=O)/C=C/c2ccc(SC(F)(F)F)cc2)cc1S(N)(=O)=O. The predicted molar refractivity (Wildman–Crippen MR) is 98.6 cm³/mol. The first-order valence-corrected chi connectivity index (χ1v) is 9.79. The monoisotopic (exact) mass is 416 g/mol. The fourth-order valence-electron chi connectivity index (χ4n) is 2.12. The van der Waals surface area contributed by atoms with Gasteiger partial charge in [-0.1, -0.05) is 18.2 Å². The molecule has 1 amide bonds. The summed E-state index contributed by atoms with van der Waals surface area (Å²) in [5, 5.41) is 7.61. The summed E-state index contributed by atoms with van der Waals surface area (Å²) in [5.74, 6) is -0.534. The number of primary sulfonamides is 1. The molecule has 0 saturated carbocycles. The van der Waals surface area contributed by atoms with Gasteiger partial charge in [-0.3, -0.25) is 4.79 Å². The number of carbonyl (C=O) groups excluding carboxylic acids is 1. The average Bonchev–Trinajstić information content (AvgIpc) is 2.53. The lowest BCUT2D eigenvalue weighted by molar-refractivity contribution is -0.111. The minimum Gasteiger partial charge on any atom is -0.322 e. The number of sulfonamides is 1. The average molecular weight is 416 g/mol. The van der Waals surface area contributed by atoms with Gasteiger partial charge in [0.05, 0.1) is 4.90 Å². The van der Waals surface area contributed by atoms with E-state index in [1.165, 1.54) is 54.6 Å². The minimum atomic E-state index is -4.36. The molecular formula is C17H15F3N2O3S2. The van der Waals surface area contributed by atoms with Crippen LogP contribution in [0.2, 0.25) is 0 Å². The van der Waals surface area contributed by atoms with Crippen molar-refractivity contribution in [2.24, 2.45) is 5.14 Å². The minimum absolute atomic E-state index is 0.0410. The van der Waals surface area contributed by atoms with Gasteiger partial charge in [-0.25, -0.2) is 13.6 Å². The predicted octanol–water partition coefficient (Wildman–Crippen LogP) is 3.91. The number of benzene rings is 2. The lowest BCUT2D eigenvalue weighted by atomic mass is 10.2. The number of hydrogen-bond acceptors (Lipinski definition) is 4. The lowest BCUT2D eigenvalue weighted by Crippen LogP contribution is -2.15. The number of rotatable bonds is 5. The summed E-state index contributed by atoms with van der Waals surface area (Å²) in [6.45, 7) is 1.58. The Kier molecular flexibility index (Phi) is 6.34. The molecule has 0 heterocycles. The summed E-state index contributed by atoms with van der Waals surface area (Å²) in [4.78, 5) is 11.9. The first-order valence-electron chi connectivity index (χ1n) is 7.42. The highest BCUT2D eigenvalue weighted by Gasteiger charge is 2.28. The third-order valence-electron chi connectivity index (χ3n) is 3.30. The van der Waals surface area contributed by atoms with Gasteiger partial charge in [0.1, 0.15) is 0 Å². The normalized spacial score (nSPS) is 12.3. The van der Waals surface area contributed by atoms with Crippen molar-refractivity contribution in [3.63, 3.8) is 0 Å². The zero-order chi connectivity index (χ0) is 20.2. The van der Waals surface area contributed by atoms with E-state index in [1.807, 2.05) is 0 Å². The standard InChI is InChI=1S/C17H15F3N2O3S2/c1-11-2-6-13(10-15(11)27(21,24)25)22-16(23)9-5-12-3-7-14(8-4-12)26-17(18,19)20/h2-10H,1H3,(H,22,23)(H2,21,24,25)/b9-5+. The molecule has 0 aliphatic heterocycles. The maximum absolute atomic E-state index is 12.3. The molecule has 0 atom stereocenters. The lowest BCUT2D eigenvalue weighted by Gasteiger charge is -2.07.